The molecular formula is C23H29N5O3S. The third kappa shape index (κ3) is 4.48. The Labute approximate surface area is 189 Å². The zero-order valence-corrected chi connectivity index (χ0v) is 19.4. The molecule has 1 atom stereocenters. The van der Waals surface area contributed by atoms with Gasteiger partial charge in [0.15, 0.2) is 5.03 Å². The Balaban J connectivity index is 1.71. The minimum atomic E-state index is -4.19. The zero-order chi connectivity index (χ0) is 23.1. The maximum Gasteiger partial charge on any atom is 0.281 e. The number of nitrogens with two attached hydrogens (primary N) is 1. The topological polar surface area (TPSA) is 118 Å². The monoisotopic (exact) mass is 455 g/mol. The van der Waals surface area contributed by atoms with Gasteiger partial charge in [-0.2, -0.15) is 8.42 Å². The zero-order valence-electron chi connectivity index (χ0n) is 18.6. The van der Waals surface area contributed by atoms with Gasteiger partial charge in [-0.1, -0.05) is 25.1 Å². The standard InChI is InChI=1S/C23H29N5O3S/c1-15-11-12-28(23(15,2)3)21-18(13-17(14-25-21)10-9-16-7-8-16)22(29)27-32(30,31)20-6-4-5-19(24)26-20/h4-6,9-10,13-16H,7-8,11-12H2,1-3H3,(H2,24,26)(H,27,29)/b10-9+. The Kier molecular flexibility index (Phi) is 5.70. The number of amides is 1. The number of hydrogen-bond donors (Lipinski definition) is 2. The van der Waals surface area contributed by atoms with Gasteiger partial charge >= 0.3 is 0 Å². The maximum absolute atomic E-state index is 13.3. The third-order valence-electron chi connectivity index (χ3n) is 6.51. The number of nitrogen functional groups attached to an aromatic ring is 1. The van der Waals surface area contributed by atoms with E-state index >= 15 is 0 Å². The lowest BCUT2D eigenvalue weighted by atomic mass is 9.90. The average molecular weight is 456 g/mol. The van der Waals surface area contributed by atoms with E-state index in [9.17, 15) is 13.2 Å². The molecule has 0 bridgehead atoms. The summed E-state index contributed by atoms with van der Waals surface area (Å²) in [7, 11) is -4.19. The van der Waals surface area contributed by atoms with Crippen LogP contribution in [0.1, 0.15) is 56.0 Å². The molecule has 0 spiro atoms. The summed E-state index contributed by atoms with van der Waals surface area (Å²) in [6.45, 7) is 7.13. The van der Waals surface area contributed by atoms with Crippen molar-refractivity contribution < 1.29 is 13.2 Å². The van der Waals surface area contributed by atoms with Crippen molar-refractivity contribution in [3.05, 3.63) is 47.7 Å². The molecular weight excluding hydrogens is 426 g/mol. The molecule has 3 N–H and O–H groups in total. The minimum absolute atomic E-state index is 0.0581. The fraction of sp³-hybridized carbons (Fsp3) is 0.435. The summed E-state index contributed by atoms with van der Waals surface area (Å²) in [6.07, 6.45) is 9.08. The Bertz CT molecular complexity index is 1170. The lowest BCUT2D eigenvalue weighted by Gasteiger charge is -2.36. The van der Waals surface area contributed by atoms with Crippen LogP contribution < -0.4 is 15.4 Å². The number of rotatable bonds is 6. The molecule has 1 saturated heterocycles. The van der Waals surface area contributed by atoms with Crippen molar-refractivity contribution in [2.45, 2.75) is 50.6 Å². The van der Waals surface area contributed by atoms with Gasteiger partial charge < -0.3 is 10.6 Å². The molecule has 2 aromatic rings. The Morgan fingerprint density at radius 2 is 2.03 bits per heavy atom. The molecule has 32 heavy (non-hydrogen) atoms. The Morgan fingerprint density at radius 1 is 1.28 bits per heavy atom. The van der Waals surface area contributed by atoms with Gasteiger partial charge in [-0.05, 0) is 68.7 Å². The van der Waals surface area contributed by atoms with E-state index < -0.39 is 15.9 Å². The number of allylic oxidation sites excluding steroid dienone is 1. The van der Waals surface area contributed by atoms with Gasteiger partial charge in [-0.3, -0.25) is 4.79 Å². The van der Waals surface area contributed by atoms with Gasteiger partial charge in [0, 0.05) is 18.3 Å². The molecule has 1 unspecified atom stereocenters. The van der Waals surface area contributed by atoms with Crippen LogP contribution in [0.5, 0.6) is 0 Å². The lowest BCUT2D eigenvalue weighted by Crippen LogP contribution is -2.43. The van der Waals surface area contributed by atoms with E-state index in [1.165, 1.54) is 31.0 Å². The lowest BCUT2D eigenvalue weighted by molar-refractivity contribution is 0.0981. The van der Waals surface area contributed by atoms with Crippen molar-refractivity contribution in [2.75, 3.05) is 17.2 Å². The summed E-state index contributed by atoms with van der Waals surface area (Å²) in [5.74, 6) is 0.766. The minimum Gasteiger partial charge on any atom is -0.384 e. The molecule has 1 aliphatic heterocycles. The quantitative estimate of drug-likeness (QED) is 0.686. The van der Waals surface area contributed by atoms with Gasteiger partial charge in [-0.15, -0.1) is 0 Å². The van der Waals surface area contributed by atoms with Crippen LogP contribution in [-0.4, -0.2) is 36.4 Å². The van der Waals surface area contributed by atoms with Crippen LogP contribution >= 0.6 is 0 Å². The summed E-state index contributed by atoms with van der Waals surface area (Å²) >= 11 is 0. The average Bonchev–Trinajstić information content (AvgIpc) is 3.52. The van der Waals surface area contributed by atoms with Crippen molar-refractivity contribution in [3.63, 3.8) is 0 Å². The van der Waals surface area contributed by atoms with Crippen LogP contribution in [0, 0.1) is 11.8 Å². The number of aromatic nitrogens is 2. The number of anilines is 2. The number of pyridine rings is 2. The van der Waals surface area contributed by atoms with Crippen LogP contribution in [-0.2, 0) is 10.0 Å². The van der Waals surface area contributed by atoms with Crippen LogP contribution in [0.3, 0.4) is 0 Å². The predicted molar refractivity (Wildman–Crippen MR) is 125 cm³/mol. The van der Waals surface area contributed by atoms with Gasteiger partial charge in [0.1, 0.15) is 11.6 Å². The highest BCUT2D eigenvalue weighted by Crippen LogP contribution is 2.39. The summed E-state index contributed by atoms with van der Waals surface area (Å²) in [6, 6.07) is 5.96. The fourth-order valence-electron chi connectivity index (χ4n) is 3.90. The molecule has 9 heteroatoms. The molecule has 1 aliphatic carbocycles. The van der Waals surface area contributed by atoms with Crippen molar-refractivity contribution in [1.82, 2.24) is 14.7 Å². The van der Waals surface area contributed by atoms with Crippen molar-refractivity contribution in [2.24, 2.45) is 11.8 Å². The molecule has 1 saturated carbocycles. The SMILES string of the molecule is CC1CCN(c2ncc(/C=C/C3CC3)cc2C(=O)NS(=O)(=O)c2cccc(N)n2)C1(C)C. The second-order valence-corrected chi connectivity index (χ2v) is 10.8. The molecule has 2 aliphatic rings. The second kappa shape index (κ2) is 8.20. The first-order valence-electron chi connectivity index (χ1n) is 10.8. The highest BCUT2D eigenvalue weighted by molar-refractivity contribution is 7.90. The van der Waals surface area contributed by atoms with E-state index in [1.807, 2.05) is 6.08 Å². The first kappa shape index (κ1) is 22.3. The van der Waals surface area contributed by atoms with Gasteiger partial charge in [0.05, 0.1) is 5.56 Å². The second-order valence-electron chi connectivity index (χ2n) is 9.17. The molecule has 0 aromatic carbocycles. The van der Waals surface area contributed by atoms with E-state index in [2.05, 4.69) is 46.4 Å². The first-order chi connectivity index (χ1) is 15.1. The van der Waals surface area contributed by atoms with Crippen molar-refractivity contribution in [1.29, 1.82) is 0 Å². The molecule has 2 aromatic heterocycles. The summed E-state index contributed by atoms with van der Waals surface area (Å²) in [5, 5.41) is -0.305. The van der Waals surface area contributed by atoms with E-state index in [-0.39, 0.29) is 21.9 Å². The first-order valence-corrected chi connectivity index (χ1v) is 12.3. The normalized spacial score (nSPS) is 20.6. The number of nitrogens with one attached hydrogen (secondary N) is 1. The fourth-order valence-corrected chi connectivity index (χ4v) is 4.84. The van der Waals surface area contributed by atoms with Crippen molar-refractivity contribution in [3.8, 4) is 0 Å². The number of hydrogen-bond acceptors (Lipinski definition) is 7. The third-order valence-corrected chi connectivity index (χ3v) is 7.74. The van der Waals surface area contributed by atoms with Gasteiger partial charge in [0.25, 0.3) is 15.9 Å². The maximum atomic E-state index is 13.3. The largest absolute Gasteiger partial charge is 0.384 e. The van der Waals surface area contributed by atoms with E-state index in [0.29, 0.717) is 17.7 Å². The van der Waals surface area contributed by atoms with Gasteiger partial charge in [0.2, 0.25) is 0 Å². The van der Waals surface area contributed by atoms with Crippen LogP contribution in [0.2, 0.25) is 0 Å². The summed E-state index contributed by atoms with van der Waals surface area (Å²) in [4.78, 5) is 23.8. The molecule has 0 radical (unpaired) electrons. The number of nitrogens with zero attached hydrogens (tertiary/aromatic N) is 3. The van der Waals surface area contributed by atoms with E-state index in [1.54, 1.807) is 12.3 Å². The van der Waals surface area contributed by atoms with Crippen LogP contribution in [0.25, 0.3) is 6.08 Å². The Morgan fingerprint density at radius 3 is 2.66 bits per heavy atom. The molecule has 2 fully saturated rings. The molecule has 170 valence electrons. The number of carbonyl (C=O) groups excluding carboxylic acids is 1. The molecule has 3 heterocycles. The van der Waals surface area contributed by atoms with Gasteiger partial charge in [-0.25, -0.2) is 14.7 Å². The molecule has 8 nitrogen and oxygen atoms in total. The number of carbonyl (C=O) groups is 1. The Hall–Kier alpha value is -2.94. The van der Waals surface area contributed by atoms with E-state index in [4.69, 9.17) is 5.73 Å². The van der Waals surface area contributed by atoms with Crippen LogP contribution in [0.15, 0.2) is 41.6 Å². The predicted octanol–water partition coefficient (Wildman–Crippen LogP) is 3.23. The highest BCUT2D eigenvalue weighted by Gasteiger charge is 2.41. The number of sulfonamides is 1. The van der Waals surface area contributed by atoms with Crippen molar-refractivity contribution >= 4 is 33.6 Å². The highest BCUT2D eigenvalue weighted by atomic mass is 32.2. The summed E-state index contributed by atoms with van der Waals surface area (Å²) in [5.41, 5.74) is 6.38. The molecule has 4 rings (SSSR count). The smallest absolute Gasteiger partial charge is 0.281 e. The van der Waals surface area contributed by atoms with Crippen LogP contribution in [0.4, 0.5) is 11.6 Å². The van der Waals surface area contributed by atoms with E-state index in [0.717, 1.165) is 18.5 Å². The summed E-state index contributed by atoms with van der Waals surface area (Å²) < 4.78 is 27.7. The molecule has 1 amide bonds.